The lowest BCUT2D eigenvalue weighted by atomic mass is 9.82. The van der Waals surface area contributed by atoms with E-state index in [1.807, 2.05) is 54.3 Å². The van der Waals surface area contributed by atoms with Crippen LogP contribution in [0.3, 0.4) is 0 Å². The number of benzene rings is 2. The van der Waals surface area contributed by atoms with Gasteiger partial charge in [-0.3, -0.25) is 9.69 Å². The summed E-state index contributed by atoms with van der Waals surface area (Å²) in [4.78, 5) is 14.0. The number of hydrogen-bond donors (Lipinski definition) is 3. The number of hydrogen-bond acceptors (Lipinski definition) is 5. The zero-order chi connectivity index (χ0) is 21.3. The van der Waals surface area contributed by atoms with Crippen molar-refractivity contribution in [3.8, 4) is 5.75 Å². The second-order valence-corrected chi connectivity index (χ2v) is 8.43. The molecule has 0 aromatic heterocycles. The van der Waals surface area contributed by atoms with E-state index in [-0.39, 0.29) is 12.2 Å². The van der Waals surface area contributed by atoms with Gasteiger partial charge >= 0.3 is 5.97 Å². The molecule has 2 aliphatic rings. The van der Waals surface area contributed by atoms with Crippen molar-refractivity contribution in [3.63, 3.8) is 0 Å². The van der Waals surface area contributed by atoms with Gasteiger partial charge in [0.2, 0.25) is 0 Å². The van der Waals surface area contributed by atoms with Crippen molar-refractivity contribution >= 4 is 5.97 Å². The fraction of sp³-hybridized carbons (Fsp3) is 0.458. The van der Waals surface area contributed by atoms with E-state index in [1.165, 1.54) is 0 Å². The van der Waals surface area contributed by atoms with Crippen LogP contribution in [0.2, 0.25) is 0 Å². The van der Waals surface area contributed by atoms with Gasteiger partial charge in [0.25, 0.3) is 0 Å². The van der Waals surface area contributed by atoms with Gasteiger partial charge in [-0.2, -0.15) is 0 Å². The summed E-state index contributed by atoms with van der Waals surface area (Å²) in [6.07, 6.45) is 2.17. The minimum Gasteiger partial charge on any atom is -0.507 e. The number of aliphatic carboxylic acids is 1. The highest BCUT2D eigenvalue weighted by molar-refractivity contribution is 5.75. The normalized spacial score (nSPS) is 23.7. The van der Waals surface area contributed by atoms with Crippen LogP contribution in [0.1, 0.15) is 47.2 Å². The summed E-state index contributed by atoms with van der Waals surface area (Å²) in [5, 5.41) is 20.4. The molecule has 1 fully saturated rings. The summed E-state index contributed by atoms with van der Waals surface area (Å²) in [5.74, 6) is -0.147. The molecule has 2 aliphatic heterocycles. The summed E-state index contributed by atoms with van der Waals surface area (Å²) in [6, 6.07) is 12.7. The van der Waals surface area contributed by atoms with Gasteiger partial charge < -0.3 is 20.7 Å². The summed E-state index contributed by atoms with van der Waals surface area (Å²) >= 11 is 0. The van der Waals surface area contributed by atoms with Gasteiger partial charge in [0.05, 0.1) is 12.2 Å². The maximum Gasteiger partial charge on any atom is 0.325 e. The number of phenolic OH excluding ortho intramolecular Hbond substituents is 1. The van der Waals surface area contributed by atoms with Crippen LogP contribution in [-0.4, -0.2) is 46.8 Å². The molecule has 0 radical (unpaired) electrons. The van der Waals surface area contributed by atoms with Crippen LogP contribution in [0, 0.1) is 12.8 Å². The lowest BCUT2D eigenvalue weighted by Gasteiger charge is -2.41. The van der Waals surface area contributed by atoms with Crippen molar-refractivity contribution in [2.24, 2.45) is 11.7 Å². The summed E-state index contributed by atoms with van der Waals surface area (Å²) in [5.41, 5.74) is 9.61. The number of rotatable bonds is 5. The van der Waals surface area contributed by atoms with Crippen LogP contribution in [0.4, 0.5) is 0 Å². The molecule has 0 aliphatic carbocycles. The molecule has 4 rings (SSSR count). The number of phenols is 1. The van der Waals surface area contributed by atoms with Crippen LogP contribution in [0.25, 0.3) is 0 Å². The third kappa shape index (κ3) is 3.95. The molecular weight excluding hydrogens is 380 g/mol. The number of likely N-dealkylation sites (tertiary alicyclic amines) is 1. The average Bonchev–Trinajstić information content (AvgIpc) is 2.77. The standard InChI is InChI=1S/C24H30N2O4/c1-15-7-8-18-19(23(15)27)13-20(30-21(18)14-25)16-9-11-26(12-10-16)22(24(28)29)17-5-3-2-4-6-17/h2-8,16,20-22,27H,9-14,25H2,1H3,(H,28,29). The smallest absolute Gasteiger partial charge is 0.325 e. The highest BCUT2D eigenvalue weighted by Crippen LogP contribution is 2.40. The molecule has 2 aromatic rings. The van der Waals surface area contributed by atoms with Crippen molar-refractivity contribution in [2.75, 3.05) is 19.6 Å². The fourth-order valence-corrected chi connectivity index (χ4v) is 4.97. The zero-order valence-electron chi connectivity index (χ0n) is 17.3. The SMILES string of the molecule is Cc1ccc2c(c1O)CC(C1CCN(C(C(=O)O)c3ccccc3)CC1)OC2CN. The van der Waals surface area contributed by atoms with E-state index in [1.54, 1.807) is 0 Å². The molecule has 2 heterocycles. The van der Waals surface area contributed by atoms with E-state index in [0.29, 0.717) is 37.7 Å². The van der Waals surface area contributed by atoms with Gasteiger partial charge in [-0.25, -0.2) is 0 Å². The van der Waals surface area contributed by atoms with Crippen LogP contribution < -0.4 is 5.73 Å². The van der Waals surface area contributed by atoms with E-state index in [2.05, 4.69) is 0 Å². The molecular formula is C24H30N2O4. The van der Waals surface area contributed by atoms with E-state index >= 15 is 0 Å². The molecule has 2 aromatic carbocycles. The number of ether oxygens (including phenoxy) is 1. The second-order valence-electron chi connectivity index (χ2n) is 8.43. The molecule has 3 atom stereocenters. The molecule has 0 spiro atoms. The predicted octanol–water partition coefficient (Wildman–Crippen LogP) is 3.18. The molecule has 6 heteroatoms. The summed E-state index contributed by atoms with van der Waals surface area (Å²) < 4.78 is 6.35. The number of aromatic hydroxyl groups is 1. The third-order valence-electron chi connectivity index (χ3n) is 6.64. The quantitative estimate of drug-likeness (QED) is 0.701. The first kappa shape index (κ1) is 20.8. The predicted molar refractivity (Wildman–Crippen MR) is 114 cm³/mol. The zero-order valence-corrected chi connectivity index (χ0v) is 17.3. The van der Waals surface area contributed by atoms with Gasteiger partial charge in [-0.1, -0.05) is 42.5 Å². The van der Waals surface area contributed by atoms with E-state index < -0.39 is 12.0 Å². The molecule has 0 saturated carbocycles. The van der Waals surface area contributed by atoms with E-state index in [9.17, 15) is 15.0 Å². The van der Waals surface area contributed by atoms with E-state index in [4.69, 9.17) is 10.5 Å². The monoisotopic (exact) mass is 410 g/mol. The number of nitrogens with two attached hydrogens (primary N) is 1. The van der Waals surface area contributed by atoms with Gasteiger partial charge in [-0.15, -0.1) is 0 Å². The molecule has 6 nitrogen and oxygen atoms in total. The Kier molecular flexibility index (Phi) is 6.09. The molecule has 0 bridgehead atoms. The van der Waals surface area contributed by atoms with E-state index in [0.717, 1.165) is 35.1 Å². The van der Waals surface area contributed by atoms with Crippen molar-refractivity contribution in [3.05, 3.63) is 64.7 Å². The molecule has 160 valence electrons. The molecule has 3 unspecified atom stereocenters. The lowest BCUT2D eigenvalue weighted by Crippen LogP contribution is -2.44. The van der Waals surface area contributed by atoms with Crippen LogP contribution >= 0.6 is 0 Å². The summed E-state index contributed by atoms with van der Waals surface area (Å²) in [7, 11) is 0. The topological polar surface area (TPSA) is 96.0 Å². The number of carboxylic acids is 1. The first-order valence-electron chi connectivity index (χ1n) is 10.7. The third-order valence-corrected chi connectivity index (χ3v) is 6.64. The molecule has 1 saturated heterocycles. The largest absolute Gasteiger partial charge is 0.507 e. The van der Waals surface area contributed by atoms with Crippen LogP contribution in [0.5, 0.6) is 5.75 Å². The Morgan fingerprint density at radius 2 is 1.90 bits per heavy atom. The maximum absolute atomic E-state index is 12.0. The lowest BCUT2D eigenvalue weighted by molar-refractivity contribution is -0.144. The Hall–Kier alpha value is -2.41. The fourth-order valence-electron chi connectivity index (χ4n) is 4.97. The Morgan fingerprint density at radius 1 is 1.20 bits per heavy atom. The Morgan fingerprint density at radius 3 is 2.53 bits per heavy atom. The van der Waals surface area contributed by atoms with Gasteiger partial charge in [0, 0.05) is 18.5 Å². The average molecular weight is 411 g/mol. The van der Waals surface area contributed by atoms with Crippen molar-refractivity contribution in [1.29, 1.82) is 0 Å². The van der Waals surface area contributed by atoms with Crippen molar-refractivity contribution in [2.45, 2.75) is 44.4 Å². The van der Waals surface area contributed by atoms with Crippen LogP contribution in [-0.2, 0) is 16.0 Å². The number of fused-ring (bicyclic) bond motifs is 1. The number of carbonyl (C=O) groups is 1. The van der Waals surface area contributed by atoms with Gasteiger partial charge in [-0.05, 0) is 55.5 Å². The first-order valence-corrected chi connectivity index (χ1v) is 10.7. The molecule has 30 heavy (non-hydrogen) atoms. The number of aryl methyl sites for hydroxylation is 1. The summed E-state index contributed by atoms with van der Waals surface area (Å²) in [6.45, 7) is 3.69. The highest BCUT2D eigenvalue weighted by Gasteiger charge is 2.37. The van der Waals surface area contributed by atoms with Gasteiger partial charge in [0.1, 0.15) is 11.8 Å². The van der Waals surface area contributed by atoms with Crippen molar-refractivity contribution in [1.82, 2.24) is 4.90 Å². The molecule has 0 amide bonds. The number of carboxylic acid groups (broad SMARTS) is 1. The van der Waals surface area contributed by atoms with Gasteiger partial charge in [0.15, 0.2) is 0 Å². The Bertz CT molecular complexity index is 894. The highest BCUT2D eigenvalue weighted by atomic mass is 16.5. The molecule has 4 N–H and O–H groups in total. The Labute approximate surface area is 177 Å². The number of piperidine rings is 1. The van der Waals surface area contributed by atoms with Crippen LogP contribution in [0.15, 0.2) is 42.5 Å². The minimum absolute atomic E-state index is 0.0131. The minimum atomic E-state index is -0.814. The van der Waals surface area contributed by atoms with Crippen molar-refractivity contribution < 1.29 is 19.7 Å². The Balaban J connectivity index is 1.48. The second kappa shape index (κ2) is 8.76. The maximum atomic E-state index is 12.0. The number of nitrogens with zero attached hydrogens (tertiary/aromatic N) is 1. The first-order chi connectivity index (χ1) is 14.5.